The maximum absolute atomic E-state index is 11.5. The largest absolute Gasteiger partial charge is 0.357 e. The zero-order valence-electron chi connectivity index (χ0n) is 13.5. The molecule has 0 aliphatic rings. The minimum absolute atomic E-state index is 0.0642. The minimum atomic E-state index is 0.0642. The van der Waals surface area contributed by atoms with Crippen LogP contribution < -0.4 is 15.5 Å². The molecule has 8 heteroatoms. The molecule has 0 bridgehead atoms. The van der Waals surface area contributed by atoms with Crippen molar-refractivity contribution in [2.24, 2.45) is 0 Å². The summed E-state index contributed by atoms with van der Waals surface area (Å²) >= 11 is 0. The molecule has 1 amide bonds. The lowest BCUT2D eigenvalue weighted by Crippen LogP contribution is -2.26. The highest BCUT2D eigenvalue weighted by Crippen LogP contribution is 2.13. The molecule has 0 aliphatic carbocycles. The summed E-state index contributed by atoms with van der Waals surface area (Å²) < 4.78 is 0. The number of nitrogens with zero attached hydrogens (tertiary/aromatic N) is 5. The Hall–Kier alpha value is -2.12. The van der Waals surface area contributed by atoms with Crippen molar-refractivity contribution in [2.45, 2.75) is 20.3 Å². The van der Waals surface area contributed by atoms with Crippen LogP contribution in [-0.2, 0) is 4.79 Å². The van der Waals surface area contributed by atoms with Crippen LogP contribution in [0.3, 0.4) is 0 Å². The van der Waals surface area contributed by atoms with Crippen molar-refractivity contribution >= 4 is 23.8 Å². The highest BCUT2D eigenvalue weighted by molar-refractivity contribution is 5.76. The van der Waals surface area contributed by atoms with E-state index in [0.29, 0.717) is 30.8 Å². The van der Waals surface area contributed by atoms with Gasteiger partial charge in [-0.3, -0.25) is 4.79 Å². The molecule has 1 heterocycles. The van der Waals surface area contributed by atoms with Crippen LogP contribution in [-0.4, -0.2) is 66.5 Å². The third-order valence-electron chi connectivity index (χ3n) is 3.01. The minimum Gasteiger partial charge on any atom is -0.357 e. The van der Waals surface area contributed by atoms with Gasteiger partial charge in [-0.1, -0.05) is 0 Å². The Morgan fingerprint density at radius 3 is 2.24 bits per heavy atom. The zero-order valence-corrected chi connectivity index (χ0v) is 13.5. The van der Waals surface area contributed by atoms with Gasteiger partial charge >= 0.3 is 0 Å². The van der Waals surface area contributed by atoms with E-state index in [1.807, 2.05) is 4.90 Å². The summed E-state index contributed by atoms with van der Waals surface area (Å²) in [5.74, 6) is 1.67. The molecule has 0 unspecified atom stereocenters. The third-order valence-corrected chi connectivity index (χ3v) is 3.01. The summed E-state index contributed by atoms with van der Waals surface area (Å²) in [6.45, 7) is 6.23. The fourth-order valence-corrected chi connectivity index (χ4v) is 1.71. The molecule has 1 aromatic heterocycles. The fourth-order valence-electron chi connectivity index (χ4n) is 1.71. The quantitative estimate of drug-likeness (QED) is 0.728. The summed E-state index contributed by atoms with van der Waals surface area (Å²) in [6.07, 6.45) is 0.397. The molecule has 0 aliphatic heterocycles. The molecule has 0 fully saturated rings. The normalized spacial score (nSPS) is 10.1. The van der Waals surface area contributed by atoms with E-state index in [9.17, 15) is 4.79 Å². The molecule has 1 rings (SSSR count). The lowest BCUT2D eigenvalue weighted by Gasteiger charge is -2.19. The lowest BCUT2D eigenvalue weighted by atomic mass is 10.4. The number of hydrogen-bond acceptors (Lipinski definition) is 7. The van der Waals surface area contributed by atoms with Gasteiger partial charge in [0.2, 0.25) is 23.8 Å². The molecule has 1 aromatic rings. The van der Waals surface area contributed by atoms with Crippen molar-refractivity contribution in [3.8, 4) is 0 Å². The topological polar surface area (TPSA) is 86.3 Å². The van der Waals surface area contributed by atoms with Crippen molar-refractivity contribution in [3.63, 3.8) is 0 Å². The summed E-state index contributed by atoms with van der Waals surface area (Å²) in [7, 11) is 5.24. The van der Waals surface area contributed by atoms with E-state index in [2.05, 4.69) is 39.4 Å². The van der Waals surface area contributed by atoms with Crippen LogP contribution >= 0.6 is 0 Å². The molecular formula is C13H25N7O. The predicted molar refractivity (Wildman–Crippen MR) is 84.7 cm³/mol. The predicted octanol–water partition coefficient (Wildman–Crippen LogP) is 0.650. The number of carbonyl (C=O) groups excluding carboxylic acids is 1. The fraction of sp³-hybridized carbons (Fsp3) is 0.692. The molecule has 0 aromatic carbocycles. The van der Waals surface area contributed by atoms with E-state index in [4.69, 9.17) is 0 Å². The number of aromatic nitrogens is 3. The van der Waals surface area contributed by atoms with E-state index in [1.54, 1.807) is 26.0 Å². The lowest BCUT2D eigenvalue weighted by molar-refractivity contribution is -0.128. The highest BCUT2D eigenvalue weighted by atomic mass is 16.2. The van der Waals surface area contributed by atoms with Gasteiger partial charge in [0.05, 0.1) is 0 Å². The number of rotatable bonds is 8. The number of anilines is 3. The van der Waals surface area contributed by atoms with Gasteiger partial charge in [-0.05, 0) is 13.8 Å². The number of amides is 1. The molecule has 2 N–H and O–H groups in total. The first kappa shape index (κ1) is 16.9. The van der Waals surface area contributed by atoms with Crippen LogP contribution in [0.2, 0.25) is 0 Å². The van der Waals surface area contributed by atoms with Gasteiger partial charge in [0, 0.05) is 47.2 Å². The Bertz CT molecular complexity index is 460. The smallest absolute Gasteiger partial charge is 0.231 e. The molecule has 0 spiro atoms. The molecule has 0 radical (unpaired) electrons. The first-order valence-electron chi connectivity index (χ1n) is 7.14. The van der Waals surface area contributed by atoms with Gasteiger partial charge in [-0.15, -0.1) is 0 Å². The summed E-state index contributed by atoms with van der Waals surface area (Å²) in [5.41, 5.74) is 0. The van der Waals surface area contributed by atoms with Crippen molar-refractivity contribution in [2.75, 3.05) is 56.3 Å². The van der Waals surface area contributed by atoms with E-state index in [1.165, 1.54) is 0 Å². The summed E-state index contributed by atoms with van der Waals surface area (Å²) in [6, 6.07) is 0. The molecule has 0 saturated heterocycles. The van der Waals surface area contributed by atoms with Crippen LogP contribution in [0.5, 0.6) is 0 Å². The average molecular weight is 295 g/mol. The van der Waals surface area contributed by atoms with Crippen LogP contribution in [0.4, 0.5) is 17.8 Å². The van der Waals surface area contributed by atoms with Gasteiger partial charge in [-0.25, -0.2) is 0 Å². The van der Waals surface area contributed by atoms with Gasteiger partial charge in [0.15, 0.2) is 0 Å². The maximum Gasteiger partial charge on any atom is 0.231 e. The second kappa shape index (κ2) is 8.23. The van der Waals surface area contributed by atoms with E-state index >= 15 is 0 Å². The van der Waals surface area contributed by atoms with E-state index in [-0.39, 0.29) is 5.91 Å². The van der Waals surface area contributed by atoms with Crippen LogP contribution in [0.25, 0.3) is 0 Å². The maximum atomic E-state index is 11.5. The van der Waals surface area contributed by atoms with Crippen LogP contribution in [0.1, 0.15) is 20.3 Å². The monoisotopic (exact) mass is 295 g/mol. The van der Waals surface area contributed by atoms with E-state index < -0.39 is 0 Å². The summed E-state index contributed by atoms with van der Waals surface area (Å²) in [5, 5.41) is 6.00. The number of nitrogens with one attached hydrogen (secondary N) is 2. The van der Waals surface area contributed by atoms with Crippen molar-refractivity contribution < 1.29 is 4.79 Å². The Balaban J connectivity index is 2.77. The third kappa shape index (κ3) is 5.05. The van der Waals surface area contributed by atoms with Gasteiger partial charge < -0.3 is 20.4 Å². The Morgan fingerprint density at radius 1 is 1.10 bits per heavy atom. The van der Waals surface area contributed by atoms with Crippen LogP contribution in [0, 0.1) is 0 Å². The molecule has 8 nitrogen and oxygen atoms in total. The van der Waals surface area contributed by atoms with Crippen LogP contribution in [0.15, 0.2) is 0 Å². The molecule has 21 heavy (non-hydrogen) atoms. The Morgan fingerprint density at radius 2 is 1.71 bits per heavy atom. The summed E-state index contributed by atoms with van der Waals surface area (Å²) in [4.78, 5) is 28.1. The number of carbonyl (C=O) groups is 1. The first-order chi connectivity index (χ1) is 10.0. The van der Waals surface area contributed by atoms with E-state index in [0.717, 1.165) is 13.1 Å². The molecule has 0 saturated carbocycles. The zero-order chi connectivity index (χ0) is 15.8. The van der Waals surface area contributed by atoms with Gasteiger partial charge in [-0.2, -0.15) is 15.0 Å². The van der Waals surface area contributed by atoms with Gasteiger partial charge in [0.1, 0.15) is 0 Å². The Labute approximate surface area is 126 Å². The van der Waals surface area contributed by atoms with Gasteiger partial charge in [0.25, 0.3) is 0 Å². The van der Waals surface area contributed by atoms with Crippen molar-refractivity contribution in [1.82, 2.24) is 19.9 Å². The van der Waals surface area contributed by atoms with Crippen molar-refractivity contribution in [1.29, 1.82) is 0 Å². The standard InChI is InChI=1S/C13H25N7O/c1-6-20(7-2)13-17-11(14-3)16-12(18-13)15-9-8-10(21)19(4)5/h6-9H2,1-5H3,(H2,14,15,16,17,18). The number of hydrogen-bond donors (Lipinski definition) is 2. The molecule has 118 valence electrons. The SMILES string of the molecule is CCN(CC)c1nc(NC)nc(NCCC(=O)N(C)C)n1. The average Bonchev–Trinajstić information content (AvgIpc) is 2.48. The highest BCUT2D eigenvalue weighted by Gasteiger charge is 2.11. The van der Waals surface area contributed by atoms with Crippen molar-refractivity contribution in [3.05, 3.63) is 0 Å². The second-order valence-electron chi connectivity index (χ2n) is 4.67. The molecular weight excluding hydrogens is 270 g/mol. The molecule has 0 atom stereocenters. The second-order valence-corrected chi connectivity index (χ2v) is 4.67. The first-order valence-corrected chi connectivity index (χ1v) is 7.14. The Kier molecular flexibility index (Phi) is 6.64.